The molecule has 0 saturated heterocycles. The number of carboxylic acid groups (broad SMARTS) is 1. The molecule has 17 heavy (non-hydrogen) atoms. The molecule has 1 unspecified atom stereocenters. The van der Waals surface area contributed by atoms with Crippen LogP contribution in [0.3, 0.4) is 0 Å². The van der Waals surface area contributed by atoms with Crippen molar-refractivity contribution in [3.05, 3.63) is 30.1 Å². The van der Waals surface area contributed by atoms with Crippen molar-refractivity contribution >= 4 is 17.0 Å². The Morgan fingerprint density at radius 3 is 2.94 bits per heavy atom. The van der Waals surface area contributed by atoms with Gasteiger partial charge < -0.3 is 14.8 Å². The molecule has 1 aromatic heterocycles. The predicted molar refractivity (Wildman–Crippen MR) is 63.0 cm³/mol. The number of hydrogen-bond donors (Lipinski definition) is 2. The molecule has 0 aliphatic heterocycles. The standard InChI is InChI=1S/C12H14N2O3/c1-8(15)5-6-14-7-13-10-4-2-3-9(11(10)14)12(16)17/h2-4,7-8,15H,5-6H2,1H3,(H,16,17). The summed E-state index contributed by atoms with van der Waals surface area (Å²) in [7, 11) is 0. The van der Waals surface area contributed by atoms with E-state index in [4.69, 9.17) is 5.11 Å². The van der Waals surface area contributed by atoms with Crippen LogP contribution in [-0.2, 0) is 6.54 Å². The third-order valence-corrected chi connectivity index (χ3v) is 2.66. The van der Waals surface area contributed by atoms with E-state index in [2.05, 4.69) is 4.98 Å². The topological polar surface area (TPSA) is 75.3 Å². The minimum absolute atomic E-state index is 0.241. The van der Waals surface area contributed by atoms with E-state index in [1.807, 2.05) is 0 Å². The Kier molecular flexibility index (Phi) is 3.10. The van der Waals surface area contributed by atoms with Gasteiger partial charge in [0.25, 0.3) is 0 Å². The largest absolute Gasteiger partial charge is 0.478 e. The number of fused-ring (bicyclic) bond motifs is 1. The highest BCUT2D eigenvalue weighted by molar-refractivity contribution is 6.01. The Bertz CT molecular complexity index is 546. The molecule has 5 nitrogen and oxygen atoms in total. The minimum Gasteiger partial charge on any atom is -0.478 e. The van der Waals surface area contributed by atoms with Gasteiger partial charge in [-0.3, -0.25) is 0 Å². The number of para-hydroxylation sites is 1. The van der Waals surface area contributed by atoms with Crippen LogP contribution in [0.1, 0.15) is 23.7 Å². The smallest absolute Gasteiger partial charge is 0.337 e. The molecule has 0 spiro atoms. The molecule has 0 amide bonds. The molecule has 0 saturated carbocycles. The zero-order valence-electron chi connectivity index (χ0n) is 9.50. The molecule has 0 radical (unpaired) electrons. The second-order valence-electron chi connectivity index (χ2n) is 4.05. The summed E-state index contributed by atoms with van der Waals surface area (Å²) in [4.78, 5) is 15.3. The zero-order valence-corrected chi connectivity index (χ0v) is 9.50. The van der Waals surface area contributed by atoms with Gasteiger partial charge >= 0.3 is 5.97 Å². The van der Waals surface area contributed by atoms with Crippen molar-refractivity contribution in [3.8, 4) is 0 Å². The molecule has 0 aliphatic rings. The Morgan fingerprint density at radius 1 is 1.53 bits per heavy atom. The third-order valence-electron chi connectivity index (χ3n) is 2.66. The number of carboxylic acids is 1. The molecule has 2 N–H and O–H groups in total. The monoisotopic (exact) mass is 234 g/mol. The number of rotatable bonds is 4. The third kappa shape index (κ3) is 2.29. The number of nitrogens with zero attached hydrogens (tertiary/aromatic N) is 2. The molecule has 0 fully saturated rings. The Hall–Kier alpha value is -1.88. The first-order chi connectivity index (χ1) is 8.09. The average Bonchev–Trinajstić information content (AvgIpc) is 2.69. The van der Waals surface area contributed by atoms with Gasteiger partial charge in [0.05, 0.1) is 29.0 Å². The van der Waals surface area contributed by atoms with E-state index in [0.717, 1.165) is 0 Å². The molecule has 2 rings (SSSR count). The molecule has 0 aliphatic carbocycles. The first kappa shape index (κ1) is 11.6. The molecule has 1 aromatic carbocycles. The minimum atomic E-state index is -0.964. The van der Waals surface area contributed by atoms with Crippen molar-refractivity contribution in [1.29, 1.82) is 0 Å². The van der Waals surface area contributed by atoms with Crippen LogP contribution in [0.2, 0.25) is 0 Å². The Morgan fingerprint density at radius 2 is 2.29 bits per heavy atom. The van der Waals surface area contributed by atoms with E-state index in [9.17, 15) is 9.90 Å². The lowest BCUT2D eigenvalue weighted by atomic mass is 10.2. The normalized spacial score (nSPS) is 12.8. The van der Waals surface area contributed by atoms with E-state index >= 15 is 0 Å². The molecular formula is C12H14N2O3. The van der Waals surface area contributed by atoms with Crippen molar-refractivity contribution in [3.63, 3.8) is 0 Å². The number of aryl methyl sites for hydroxylation is 1. The van der Waals surface area contributed by atoms with Crippen LogP contribution in [-0.4, -0.2) is 31.8 Å². The van der Waals surface area contributed by atoms with E-state index in [1.54, 1.807) is 36.0 Å². The number of carbonyl (C=O) groups is 1. The van der Waals surface area contributed by atoms with Crippen LogP contribution in [0, 0.1) is 0 Å². The van der Waals surface area contributed by atoms with Crippen LogP contribution < -0.4 is 0 Å². The van der Waals surface area contributed by atoms with Crippen LogP contribution >= 0.6 is 0 Å². The van der Waals surface area contributed by atoms with Gasteiger partial charge in [-0.1, -0.05) is 6.07 Å². The lowest BCUT2D eigenvalue weighted by molar-refractivity contribution is 0.0698. The Labute approximate surface area is 98.3 Å². The summed E-state index contributed by atoms with van der Waals surface area (Å²) in [5.41, 5.74) is 1.52. The maximum Gasteiger partial charge on any atom is 0.337 e. The summed E-state index contributed by atoms with van der Waals surface area (Å²) >= 11 is 0. The number of aromatic carboxylic acids is 1. The van der Waals surface area contributed by atoms with Crippen LogP contribution in [0.5, 0.6) is 0 Å². The lowest BCUT2D eigenvalue weighted by Crippen LogP contribution is -2.08. The second kappa shape index (κ2) is 4.55. The summed E-state index contributed by atoms with van der Waals surface area (Å²) in [5.74, 6) is -0.964. The summed E-state index contributed by atoms with van der Waals surface area (Å²) in [6.07, 6.45) is 1.77. The van der Waals surface area contributed by atoms with Crippen molar-refractivity contribution in [2.24, 2.45) is 0 Å². The molecule has 5 heteroatoms. The average molecular weight is 234 g/mol. The summed E-state index contributed by atoms with van der Waals surface area (Å²) in [6.45, 7) is 2.26. The number of aliphatic hydroxyl groups excluding tert-OH is 1. The fourth-order valence-electron chi connectivity index (χ4n) is 1.80. The van der Waals surface area contributed by atoms with Gasteiger partial charge in [-0.2, -0.15) is 0 Å². The van der Waals surface area contributed by atoms with Crippen LogP contribution in [0.4, 0.5) is 0 Å². The highest BCUT2D eigenvalue weighted by Gasteiger charge is 2.13. The van der Waals surface area contributed by atoms with Gasteiger partial charge in [0, 0.05) is 6.54 Å². The molecule has 0 bridgehead atoms. The lowest BCUT2D eigenvalue weighted by Gasteiger charge is -2.07. The van der Waals surface area contributed by atoms with Gasteiger partial charge in [0.1, 0.15) is 0 Å². The quantitative estimate of drug-likeness (QED) is 0.840. The van der Waals surface area contributed by atoms with E-state index in [-0.39, 0.29) is 5.56 Å². The molecule has 90 valence electrons. The van der Waals surface area contributed by atoms with Gasteiger partial charge in [-0.15, -0.1) is 0 Å². The maximum atomic E-state index is 11.1. The van der Waals surface area contributed by atoms with Gasteiger partial charge in [0.2, 0.25) is 0 Å². The van der Waals surface area contributed by atoms with E-state index in [1.165, 1.54) is 0 Å². The highest BCUT2D eigenvalue weighted by Crippen LogP contribution is 2.18. The number of hydrogen-bond acceptors (Lipinski definition) is 3. The van der Waals surface area contributed by atoms with Crippen molar-refractivity contribution < 1.29 is 15.0 Å². The number of aromatic nitrogens is 2. The highest BCUT2D eigenvalue weighted by atomic mass is 16.4. The van der Waals surface area contributed by atoms with Crippen molar-refractivity contribution in [2.75, 3.05) is 0 Å². The fourth-order valence-corrected chi connectivity index (χ4v) is 1.80. The van der Waals surface area contributed by atoms with Gasteiger partial charge in [-0.05, 0) is 25.5 Å². The summed E-state index contributed by atoms with van der Waals surface area (Å²) in [6, 6.07) is 5.02. The number of aliphatic hydroxyl groups is 1. The SMILES string of the molecule is CC(O)CCn1cnc2cccc(C(=O)O)c21. The zero-order chi connectivity index (χ0) is 12.4. The summed E-state index contributed by atoms with van der Waals surface area (Å²) in [5, 5.41) is 18.4. The van der Waals surface area contributed by atoms with Crippen molar-refractivity contribution in [1.82, 2.24) is 9.55 Å². The molecule has 1 atom stereocenters. The number of benzene rings is 1. The van der Waals surface area contributed by atoms with Crippen LogP contribution in [0.25, 0.3) is 11.0 Å². The number of imidazole rings is 1. The second-order valence-corrected chi connectivity index (χ2v) is 4.05. The predicted octanol–water partition coefficient (Wildman–Crippen LogP) is 1.51. The van der Waals surface area contributed by atoms with E-state index in [0.29, 0.717) is 24.0 Å². The molecule has 2 aromatic rings. The fraction of sp³-hybridized carbons (Fsp3) is 0.333. The first-order valence-electron chi connectivity index (χ1n) is 5.45. The van der Waals surface area contributed by atoms with Crippen molar-refractivity contribution in [2.45, 2.75) is 26.0 Å². The molecular weight excluding hydrogens is 220 g/mol. The van der Waals surface area contributed by atoms with E-state index < -0.39 is 12.1 Å². The van der Waals surface area contributed by atoms with Crippen LogP contribution in [0.15, 0.2) is 24.5 Å². The Balaban J connectivity index is 2.46. The first-order valence-corrected chi connectivity index (χ1v) is 5.45. The van der Waals surface area contributed by atoms with Gasteiger partial charge in [0.15, 0.2) is 0 Å². The maximum absolute atomic E-state index is 11.1. The molecule has 1 heterocycles. The summed E-state index contributed by atoms with van der Waals surface area (Å²) < 4.78 is 1.77. The van der Waals surface area contributed by atoms with Gasteiger partial charge in [-0.25, -0.2) is 9.78 Å².